The molecule has 5 rings (SSSR count). The number of para-hydroxylation sites is 1. The molecule has 0 bridgehead atoms. The van der Waals surface area contributed by atoms with Gasteiger partial charge in [0, 0.05) is 40.6 Å². The Balaban J connectivity index is 1.39. The van der Waals surface area contributed by atoms with Crippen molar-refractivity contribution < 1.29 is 14.4 Å². The minimum absolute atomic E-state index is 0.000732. The number of hydrogen-bond donors (Lipinski definition) is 3. The summed E-state index contributed by atoms with van der Waals surface area (Å²) in [4.78, 5) is 0. The molecule has 9 heteroatoms. The van der Waals surface area contributed by atoms with Crippen molar-refractivity contribution in [3.63, 3.8) is 0 Å². The number of anilines is 2. The molecule has 0 fully saturated rings. The molecule has 0 aliphatic rings. The molecular formula is C35H34N6O2S. The molecule has 8 nitrogen and oxygen atoms in total. The van der Waals surface area contributed by atoms with Gasteiger partial charge in [-0.15, -0.1) is 0 Å². The van der Waals surface area contributed by atoms with E-state index >= 15 is 0 Å². The number of nitrogens with one attached hydrogen (secondary N) is 2. The Morgan fingerprint density at radius 1 is 1.00 bits per heavy atom. The Hall–Kier alpha value is -5.33. The molecule has 222 valence electrons. The van der Waals surface area contributed by atoms with Crippen molar-refractivity contribution in [1.29, 1.82) is 5.26 Å². The van der Waals surface area contributed by atoms with Crippen molar-refractivity contribution in [2.24, 2.45) is 0 Å². The number of hydrogen-bond acceptors (Lipinski definition) is 7. The lowest BCUT2D eigenvalue weighted by Gasteiger charge is -2.27. The summed E-state index contributed by atoms with van der Waals surface area (Å²) in [5.41, 5.74) is 4.56. The standard InChI is InChI=1S/C35H34N6O2S/c1-4-37-31-23-29(18-19-30(31)35(2,3)32(42)20-21-36)43-24-38-26-14-11-17-28(22-26)40-33(25-12-7-5-8-13-25)41(39-34(40)44)27-15-9-6-10-16-27/h5-20,22-23,37-38H,4,24H2,1-3H3,(H-,39,42,44)/b32-20-. The molecule has 1 aromatic heterocycles. The highest BCUT2D eigenvalue weighted by atomic mass is 32.1. The van der Waals surface area contributed by atoms with E-state index < -0.39 is 5.41 Å². The fourth-order valence-electron chi connectivity index (χ4n) is 5.02. The molecule has 0 unspecified atom stereocenters. The SMILES string of the molecule is CCNc1cc(OCNc2cccc(-[n+]3c([S-])nn(-c4ccccc4)c3-c3ccccc3)c2)ccc1C(C)(C)/C(O)=C/C#N. The number of rotatable bonds is 11. The summed E-state index contributed by atoms with van der Waals surface area (Å²) in [6.07, 6.45) is 1.17. The Bertz CT molecular complexity index is 1810. The summed E-state index contributed by atoms with van der Waals surface area (Å²) in [6.45, 7) is 6.66. The van der Waals surface area contributed by atoms with E-state index in [1.807, 2.05) is 139 Å². The van der Waals surface area contributed by atoms with Crippen LogP contribution in [0.25, 0.3) is 22.8 Å². The second-order valence-electron chi connectivity index (χ2n) is 10.6. The summed E-state index contributed by atoms with van der Waals surface area (Å²) >= 11 is 5.78. The molecule has 0 saturated carbocycles. The number of nitriles is 1. The largest absolute Gasteiger partial charge is 0.702 e. The van der Waals surface area contributed by atoms with E-state index in [0.717, 1.165) is 39.7 Å². The molecule has 0 saturated heterocycles. The minimum Gasteiger partial charge on any atom is -0.702 e. The van der Waals surface area contributed by atoms with Crippen LogP contribution in [0, 0.1) is 11.3 Å². The number of allylic oxidation sites excluding steroid dienone is 2. The first kappa shape index (κ1) is 30.1. The fraction of sp³-hybridized carbons (Fsp3) is 0.171. The minimum atomic E-state index is -0.751. The first-order valence-electron chi connectivity index (χ1n) is 14.3. The van der Waals surface area contributed by atoms with Crippen molar-refractivity contribution in [2.75, 3.05) is 23.9 Å². The van der Waals surface area contributed by atoms with Crippen LogP contribution < -0.4 is 19.9 Å². The summed E-state index contributed by atoms with van der Waals surface area (Å²) in [5, 5.41) is 31.4. The number of nitrogens with zero attached hydrogens (tertiary/aromatic N) is 4. The van der Waals surface area contributed by atoms with Crippen LogP contribution in [0.15, 0.2) is 120 Å². The smallest absolute Gasteiger partial charge is 0.277 e. The normalized spacial score (nSPS) is 11.5. The lowest BCUT2D eigenvalue weighted by atomic mass is 9.81. The monoisotopic (exact) mass is 602 g/mol. The predicted octanol–water partition coefficient (Wildman–Crippen LogP) is 6.85. The molecule has 0 amide bonds. The molecule has 0 atom stereocenters. The van der Waals surface area contributed by atoms with Gasteiger partial charge in [0.1, 0.15) is 22.9 Å². The zero-order chi connectivity index (χ0) is 31.1. The summed E-state index contributed by atoms with van der Waals surface area (Å²) in [7, 11) is 0. The number of benzene rings is 4. The van der Waals surface area contributed by atoms with Gasteiger partial charge in [0.2, 0.25) is 0 Å². The molecule has 3 N–H and O–H groups in total. The number of ether oxygens (including phenoxy) is 1. The van der Waals surface area contributed by atoms with Gasteiger partial charge in [-0.05, 0) is 68.8 Å². The summed E-state index contributed by atoms with van der Waals surface area (Å²) in [6, 6.07) is 35.6. The Morgan fingerprint density at radius 3 is 2.43 bits per heavy atom. The second kappa shape index (κ2) is 13.3. The van der Waals surface area contributed by atoms with Gasteiger partial charge >= 0.3 is 0 Å². The van der Waals surface area contributed by atoms with Gasteiger partial charge in [0.25, 0.3) is 5.82 Å². The highest BCUT2D eigenvalue weighted by Crippen LogP contribution is 2.37. The third kappa shape index (κ3) is 6.36. The first-order valence-corrected chi connectivity index (χ1v) is 14.7. The van der Waals surface area contributed by atoms with Gasteiger partial charge in [-0.3, -0.25) is 0 Å². The number of aliphatic hydroxyl groups is 1. The average Bonchev–Trinajstić information content (AvgIpc) is 3.39. The molecule has 1 heterocycles. The van der Waals surface area contributed by atoms with Crippen molar-refractivity contribution in [3.05, 3.63) is 121 Å². The third-order valence-electron chi connectivity index (χ3n) is 7.31. The van der Waals surface area contributed by atoms with Crippen molar-refractivity contribution in [1.82, 2.24) is 9.78 Å². The maximum atomic E-state index is 10.5. The van der Waals surface area contributed by atoms with Crippen LogP contribution in [0.4, 0.5) is 11.4 Å². The fourth-order valence-corrected chi connectivity index (χ4v) is 5.29. The molecule has 0 spiro atoms. The zero-order valence-electron chi connectivity index (χ0n) is 24.9. The van der Waals surface area contributed by atoms with E-state index in [1.165, 1.54) is 6.08 Å². The van der Waals surface area contributed by atoms with Gasteiger partial charge in [-0.1, -0.05) is 53.2 Å². The lowest BCUT2D eigenvalue weighted by Crippen LogP contribution is -2.34. The maximum Gasteiger partial charge on any atom is 0.277 e. The van der Waals surface area contributed by atoms with E-state index in [0.29, 0.717) is 17.5 Å². The predicted molar refractivity (Wildman–Crippen MR) is 175 cm³/mol. The van der Waals surface area contributed by atoms with E-state index in [1.54, 1.807) is 0 Å². The topological polar surface area (TPSA) is 99.0 Å². The third-order valence-corrected chi connectivity index (χ3v) is 7.58. The van der Waals surface area contributed by atoms with Gasteiger partial charge in [-0.25, -0.2) is 4.57 Å². The van der Waals surface area contributed by atoms with Crippen LogP contribution in [0.3, 0.4) is 0 Å². The van der Waals surface area contributed by atoms with Crippen LogP contribution in [0.1, 0.15) is 26.3 Å². The second-order valence-corrected chi connectivity index (χ2v) is 11.0. The number of aliphatic hydroxyl groups excluding tert-OH is 1. The van der Waals surface area contributed by atoms with Crippen molar-refractivity contribution in [2.45, 2.75) is 31.3 Å². The Labute approximate surface area is 263 Å². The van der Waals surface area contributed by atoms with Crippen LogP contribution in [0.5, 0.6) is 5.75 Å². The van der Waals surface area contributed by atoms with E-state index in [2.05, 4.69) is 10.6 Å². The first-order chi connectivity index (χ1) is 21.3. The molecular weight excluding hydrogens is 568 g/mol. The van der Waals surface area contributed by atoms with Crippen LogP contribution in [-0.2, 0) is 18.0 Å². The highest BCUT2D eigenvalue weighted by molar-refractivity contribution is 7.58. The van der Waals surface area contributed by atoms with E-state index in [-0.39, 0.29) is 12.5 Å². The van der Waals surface area contributed by atoms with Gasteiger partial charge in [0.15, 0.2) is 11.9 Å². The zero-order valence-corrected chi connectivity index (χ0v) is 25.7. The van der Waals surface area contributed by atoms with Crippen molar-refractivity contribution in [3.8, 4) is 34.6 Å². The summed E-state index contributed by atoms with van der Waals surface area (Å²) < 4.78 is 9.93. The average molecular weight is 603 g/mol. The molecule has 4 aromatic carbocycles. The van der Waals surface area contributed by atoms with E-state index in [9.17, 15) is 5.11 Å². The molecule has 0 aliphatic carbocycles. The quantitative estimate of drug-likeness (QED) is 0.0500. The van der Waals surface area contributed by atoms with Gasteiger partial charge in [0.05, 0.1) is 17.7 Å². The summed E-state index contributed by atoms with van der Waals surface area (Å²) in [5.74, 6) is 1.51. The molecule has 44 heavy (non-hydrogen) atoms. The van der Waals surface area contributed by atoms with Gasteiger partial charge in [-0.2, -0.15) is 5.26 Å². The maximum absolute atomic E-state index is 10.5. The highest BCUT2D eigenvalue weighted by Gasteiger charge is 2.29. The van der Waals surface area contributed by atoms with Crippen LogP contribution >= 0.6 is 0 Å². The van der Waals surface area contributed by atoms with Crippen LogP contribution in [-0.4, -0.2) is 28.2 Å². The Kier molecular flexibility index (Phi) is 9.12. The lowest BCUT2D eigenvalue weighted by molar-refractivity contribution is -0.625. The molecule has 5 aromatic rings. The van der Waals surface area contributed by atoms with Gasteiger partial charge < -0.3 is 33.1 Å². The molecule has 0 radical (unpaired) electrons. The van der Waals surface area contributed by atoms with Crippen LogP contribution in [0.2, 0.25) is 0 Å². The van der Waals surface area contributed by atoms with Crippen molar-refractivity contribution >= 4 is 24.0 Å². The van der Waals surface area contributed by atoms with E-state index in [4.69, 9.17) is 27.7 Å². The molecule has 0 aliphatic heterocycles. The number of aromatic nitrogens is 3. The Morgan fingerprint density at radius 2 is 1.73 bits per heavy atom.